The number of likely N-dealkylation sites (tertiary alicyclic amines) is 1. The van der Waals surface area contributed by atoms with Crippen LogP contribution in [0.25, 0.3) is 11.1 Å². The summed E-state index contributed by atoms with van der Waals surface area (Å²) in [6.07, 6.45) is 2.34. The molecule has 0 radical (unpaired) electrons. The molecule has 1 aromatic heterocycles. The van der Waals surface area contributed by atoms with E-state index >= 15 is 0 Å². The maximum Gasteiger partial charge on any atom is 0.265 e. The molecule has 1 saturated heterocycles. The lowest BCUT2D eigenvalue weighted by Crippen LogP contribution is -2.41. The largest absolute Gasteiger partial charge is 0.366 e. The van der Waals surface area contributed by atoms with Crippen molar-refractivity contribution >= 4 is 11.8 Å². The van der Waals surface area contributed by atoms with Crippen LogP contribution in [0.3, 0.4) is 0 Å². The molecule has 12 heteroatoms. The third kappa shape index (κ3) is 4.41. The number of carbonyl (C=O) groups is 2. The maximum atomic E-state index is 12.4. The number of H-pyrrole nitrogens is 1. The van der Waals surface area contributed by atoms with E-state index in [0.29, 0.717) is 29.9 Å². The Hall–Kier alpha value is -4.60. The quantitative estimate of drug-likeness (QED) is 0.154. The summed E-state index contributed by atoms with van der Waals surface area (Å²) in [4.78, 5) is 26.5. The van der Waals surface area contributed by atoms with Crippen LogP contribution in [0, 0.1) is 11.3 Å². The van der Waals surface area contributed by atoms with E-state index < -0.39 is 17.2 Å². The molecule has 2 aromatic carbocycles. The first kappa shape index (κ1) is 26.0. The van der Waals surface area contributed by atoms with Crippen molar-refractivity contribution in [3.05, 3.63) is 76.8 Å². The van der Waals surface area contributed by atoms with Gasteiger partial charge in [-0.05, 0) is 72.7 Å². The lowest BCUT2D eigenvalue weighted by molar-refractivity contribution is 0.0952. The van der Waals surface area contributed by atoms with Gasteiger partial charge in [0.05, 0.1) is 11.5 Å². The highest BCUT2D eigenvalue weighted by atomic mass is 16.2. The molecule has 3 aromatic rings. The molecule has 1 aliphatic carbocycles. The molecule has 12 nitrogen and oxygen atoms in total. The fourth-order valence-corrected chi connectivity index (χ4v) is 5.90. The summed E-state index contributed by atoms with van der Waals surface area (Å²) >= 11 is 0. The minimum absolute atomic E-state index is 0.0648. The summed E-state index contributed by atoms with van der Waals surface area (Å²) in [5, 5.41) is 28.3. The van der Waals surface area contributed by atoms with E-state index in [0.717, 1.165) is 47.3 Å². The van der Waals surface area contributed by atoms with Gasteiger partial charge in [-0.2, -0.15) is 10.5 Å². The van der Waals surface area contributed by atoms with Gasteiger partial charge in [-0.25, -0.2) is 5.84 Å². The molecule has 1 aliphatic heterocycles. The molecular weight excluding hydrogens is 496 g/mol. The molecule has 0 saturated carbocycles. The van der Waals surface area contributed by atoms with Crippen molar-refractivity contribution in [1.82, 2.24) is 36.3 Å². The van der Waals surface area contributed by atoms with Crippen LogP contribution in [0.1, 0.15) is 63.9 Å². The Labute approximate surface area is 225 Å². The van der Waals surface area contributed by atoms with Crippen LogP contribution in [0.5, 0.6) is 0 Å². The molecule has 200 valence electrons. The van der Waals surface area contributed by atoms with Crippen molar-refractivity contribution in [2.45, 2.75) is 43.7 Å². The topological polar surface area (TPSA) is 192 Å². The van der Waals surface area contributed by atoms with Gasteiger partial charge in [0.15, 0.2) is 5.82 Å². The molecule has 0 bridgehead atoms. The third-order valence-electron chi connectivity index (χ3n) is 7.73. The molecule has 2 heterocycles. The Morgan fingerprint density at radius 1 is 1.26 bits per heavy atom. The van der Waals surface area contributed by atoms with Crippen LogP contribution in [0.2, 0.25) is 0 Å². The Bertz CT molecular complexity index is 1480. The summed E-state index contributed by atoms with van der Waals surface area (Å²) < 4.78 is 0. The van der Waals surface area contributed by atoms with E-state index in [9.17, 15) is 14.9 Å². The number of nitriles is 1. The third-order valence-corrected chi connectivity index (χ3v) is 7.73. The first-order valence-electron chi connectivity index (χ1n) is 12.7. The highest BCUT2D eigenvalue weighted by Crippen LogP contribution is 2.54. The standard InChI is InChI=1S/C27H30N10O2/c1-15(31-14-16(2)37-9-3-4-19(37)13-28)12-27(26-33-35-36-34-26)22-7-5-17(24(29)38)10-20(22)21-11-18(25(39)32-30)6-8-23(21)27/h5-8,10-11,15,19,31H,2-4,9,12,14,30H2,1H3,(H2,29,38)(H,32,39)(H,33,34,35,36)/t15-,19?,27?/m1/s1. The van der Waals surface area contributed by atoms with E-state index in [-0.39, 0.29) is 12.1 Å². The number of nitrogens with zero attached hydrogens (tertiary/aromatic N) is 5. The lowest BCUT2D eigenvalue weighted by Gasteiger charge is -2.33. The number of fused-ring (bicyclic) bond motifs is 3. The number of hydrogen-bond donors (Lipinski definition) is 5. The van der Waals surface area contributed by atoms with Gasteiger partial charge in [0.1, 0.15) is 6.04 Å². The Morgan fingerprint density at radius 3 is 2.56 bits per heavy atom. The smallest absolute Gasteiger partial charge is 0.265 e. The normalized spacial score (nSPS) is 20.1. The highest BCUT2D eigenvalue weighted by molar-refractivity contribution is 5.99. The predicted octanol–water partition coefficient (Wildman–Crippen LogP) is 1.09. The number of amides is 2. The van der Waals surface area contributed by atoms with E-state index in [1.807, 2.05) is 12.1 Å². The lowest BCUT2D eigenvalue weighted by atomic mass is 9.72. The fourth-order valence-electron chi connectivity index (χ4n) is 5.90. The Balaban J connectivity index is 1.55. The number of hydrogen-bond acceptors (Lipinski definition) is 9. The molecule has 2 amide bonds. The number of nitrogens with one attached hydrogen (secondary N) is 3. The minimum atomic E-state index is -0.845. The van der Waals surface area contributed by atoms with Gasteiger partial charge >= 0.3 is 0 Å². The van der Waals surface area contributed by atoms with Gasteiger partial charge in [0.25, 0.3) is 5.91 Å². The average Bonchev–Trinajstić information content (AvgIpc) is 3.70. The number of rotatable bonds is 9. The van der Waals surface area contributed by atoms with E-state index in [2.05, 4.69) is 55.8 Å². The van der Waals surface area contributed by atoms with Gasteiger partial charge in [0, 0.05) is 36.0 Å². The summed E-state index contributed by atoms with van der Waals surface area (Å²) in [5.74, 6) is 4.86. The molecule has 0 spiro atoms. The predicted molar refractivity (Wildman–Crippen MR) is 143 cm³/mol. The van der Waals surface area contributed by atoms with E-state index in [1.165, 1.54) is 0 Å². The molecule has 5 rings (SSSR count). The first-order chi connectivity index (χ1) is 18.8. The second kappa shape index (κ2) is 10.3. The number of hydrazine groups is 1. The summed E-state index contributed by atoms with van der Waals surface area (Å²) in [7, 11) is 0. The maximum absolute atomic E-state index is 12.4. The van der Waals surface area contributed by atoms with Gasteiger partial charge in [-0.1, -0.05) is 23.9 Å². The zero-order chi connectivity index (χ0) is 27.7. The number of nitrogen functional groups attached to an aromatic ring is 1. The van der Waals surface area contributed by atoms with Crippen molar-refractivity contribution in [1.29, 1.82) is 5.26 Å². The van der Waals surface area contributed by atoms with Gasteiger partial charge in [0.2, 0.25) is 5.91 Å². The number of primary amides is 1. The van der Waals surface area contributed by atoms with Crippen molar-refractivity contribution in [2.75, 3.05) is 13.1 Å². The zero-order valence-electron chi connectivity index (χ0n) is 21.6. The summed E-state index contributed by atoms with van der Waals surface area (Å²) in [6.45, 7) is 7.61. The minimum Gasteiger partial charge on any atom is -0.366 e. The molecule has 2 aliphatic rings. The van der Waals surface area contributed by atoms with Crippen LogP contribution in [-0.2, 0) is 5.41 Å². The van der Waals surface area contributed by atoms with Crippen LogP contribution in [0.15, 0.2) is 48.7 Å². The average molecular weight is 527 g/mol. The second-order valence-corrected chi connectivity index (χ2v) is 10.0. The highest BCUT2D eigenvalue weighted by Gasteiger charge is 2.49. The van der Waals surface area contributed by atoms with Crippen LogP contribution in [0.4, 0.5) is 0 Å². The molecule has 7 N–H and O–H groups in total. The number of carbonyl (C=O) groups excluding carboxylic acids is 2. The van der Waals surface area contributed by atoms with E-state index in [4.69, 9.17) is 11.6 Å². The fraction of sp³-hybridized carbons (Fsp3) is 0.333. The SMILES string of the molecule is C=C(CN[C@H](C)CC1(c2nn[nH]n2)c2ccc(C(N)=O)cc2-c2cc(C(=O)NN)ccc21)N1CCCC1C#N. The van der Waals surface area contributed by atoms with E-state index in [1.54, 1.807) is 24.3 Å². The molecule has 39 heavy (non-hydrogen) atoms. The van der Waals surface area contributed by atoms with Gasteiger partial charge in [-0.3, -0.25) is 15.0 Å². The van der Waals surface area contributed by atoms with Crippen molar-refractivity contribution in [2.24, 2.45) is 11.6 Å². The van der Waals surface area contributed by atoms with Gasteiger partial charge < -0.3 is 16.0 Å². The number of nitrogens with two attached hydrogens (primary N) is 2. The van der Waals surface area contributed by atoms with Crippen LogP contribution < -0.4 is 22.3 Å². The first-order valence-corrected chi connectivity index (χ1v) is 12.7. The number of aromatic nitrogens is 4. The molecule has 1 fully saturated rings. The van der Waals surface area contributed by atoms with Crippen molar-refractivity contribution in [3.63, 3.8) is 0 Å². The number of benzene rings is 2. The summed E-state index contributed by atoms with van der Waals surface area (Å²) in [6, 6.07) is 12.7. The van der Waals surface area contributed by atoms with Crippen molar-refractivity contribution in [3.8, 4) is 17.2 Å². The zero-order valence-corrected chi connectivity index (χ0v) is 21.6. The molecular formula is C27H30N10O2. The van der Waals surface area contributed by atoms with Crippen LogP contribution in [-0.4, -0.2) is 62.5 Å². The second-order valence-electron chi connectivity index (χ2n) is 10.0. The molecule has 3 atom stereocenters. The van der Waals surface area contributed by atoms with Crippen LogP contribution >= 0.6 is 0 Å². The monoisotopic (exact) mass is 526 g/mol. The van der Waals surface area contributed by atoms with Gasteiger partial charge in [-0.15, -0.1) is 10.2 Å². The Morgan fingerprint density at radius 2 is 1.95 bits per heavy atom. The van der Waals surface area contributed by atoms with Crippen molar-refractivity contribution < 1.29 is 9.59 Å². The number of aromatic amines is 1. The molecule has 2 unspecified atom stereocenters. The number of tetrazole rings is 1. The Kier molecular flexibility index (Phi) is 6.86. The summed E-state index contributed by atoms with van der Waals surface area (Å²) in [5.41, 5.74) is 11.8.